The van der Waals surface area contributed by atoms with Crippen molar-refractivity contribution in [3.05, 3.63) is 170 Å². The molecule has 0 aliphatic heterocycles. The van der Waals surface area contributed by atoms with Crippen LogP contribution in [0.15, 0.2) is 174 Å². The van der Waals surface area contributed by atoms with E-state index in [1.54, 1.807) is 0 Å². The van der Waals surface area contributed by atoms with Gasteiger partial charge in [0.05, 0.1) is 22.4 Å². The summed E-state index contributed by atoms with van der Waals surface area (Å²) >= 11 is 1.85. The highest BCUT2D eigenvalue weighted by atomic mass is 32.1. The molecule has 0 amide bonds. The van der Waals surface area contributed by atoms with Crippen LogP contribution < -0.4 is 4.90 Å². The van der Waals surface area contributed by atoms with Gasteiger partial charge in [-0.2, -0.15) is 0 Å². The maximum atomic E-state index is 6.46. The smallest absolute Gasteiger partial charge is 0.136 e. The molecule has 11 rings (SSSR count). The van der Waals surface area contributed by atoms with Crippen LogP contribution in [0.5, 0.6) is 0 Å². The molecule has 4 heteroatoms. The summed E-state index contributed by atoms with van der Waals surface area (Å²) in [6.07, 6.45) is 0. The first-order valence-electron chi connectivity index (χ1n) is 16.9. The van der Waals surface area contributed by atoms with Gasteiger partial charge < -0.3 is 13.9 Å². The zero-order valence-electron chi connectivity index (χ0n) is 26.9. The molecule has 3 heterocycles. The van der Waals surface area contributed by atoms with Crippen LogP contribution in [0.25, 0.3) is 80.4 Å². The fourth-order valence-electron chi connectivity index (χ4n) is 7.98. The molecular formula is C46H28N2OS. The third-order valence-corrected chi connectivity index (χ3v) is 11.3. The van der Waals surface area contributed by atoms with Gasteiger partial charge in [0, 0.05) is 58.5 Å². The SMILES string of the molecule is c1ccc(-n2c3ccccc3c3ccc(N(c4cccc5cc6c(cc45)oc4ccccc46)c4cccc5sc6ccccc6c45)cc32)cc1. The number of hydrogen-bond donors (Lipinski definition) is 0. The van der Waals surface area contributed by atoms with E-state index in [0.717, 1.165) is 50.1 Å². The van der Waals surface area contributed by atoms with Crippen molar-refractivity contribution in [2.24, 2.45) is 0 Å². The summed E-state index contributed by atoms with van der Waals surface area (Å²) in [5.74, 6) is 0. The molecular weight excluding hydrogens is 629 g/mol. The summed E-state index contributed by atoms with van der Waals surface area (Å²) < 4.78 is 11.4. The van der Waals surface area contributed by atoms with Crippen molar-refractivity contribution in [3.8, 4) is 5.69 Å². The van der Waals surface area contributed by atoms with Gasteiger partial charge in [0.1, 0.15) is 11.2 Å². The van der Waals surface area contributed by atoms with Crippen LogP contribution in [0.2, 0.25) is 0 Å². The fraction of sp³-hybridized carbons (Fsp3) is 0. The second-order valence-electron chi connectivity index (χ2n) is 12.9. The molecule has 0 atom stereocenters. The highest BCUT2D eigenvalue weighted by molar-refractivity contribution is 7.26. The average Bonchev–Trinajstić information content (AvgIpc) is 3.84. The molecule has 0 aliphatic carbocycles. The minimum atomic E-state index is 0.893. The van der Waals surface area contributed by atoms with E-state index in [4.69, 9.17) is 4.42 Å². The van der Waals surface area contributed by atoms with Crippen LogP contribution in [0, 0.1) is 0 Å². The molecule has 50 heavy (non-hydrogen) atoms. The molecule has 0 aliphatic rings. The summed E-state index contributed by atoms with van der Waals surface area (Å²) in [6.45, 7) is 0. The van der Waals surface area contributed by atoms with E-state index in [-0.39, 0.29) is 0 Å². The summed E-state index contributed by atoms with van der Waals surface area (Å²) in [5.41, 5.74) is 8.66. The first-order chi connectivity index (χ1) is 24.8. The number of aromatic nitrogens is 1. The monoisotopic (exact) mass is 656 g/mol. The summed E-state index contributed by atoms with van der Waals surface area (Å²) in [4.78, 5) is 2.46. The van der Waals surface area contributed by atoms with Crippen LogP contribution in [0.4, 0.5) is 17.1 Å². The zero-order valence-corrected chi connectivity index (χ0v) is 27.7. The summed E-state index contributed by atoms with van der Waals surface area (Å²) in [7, 11) is 0. The second-order valence-corrected chi connectivity index (χ2v) is 14.0. The first kappa shape index (κ1) is 27.6. The maximum absolute atomic E-state index is 6.46. The number of rotatable bonds is 4. The Labute approximate surface area is 291 Å². The molecule has 0 unspecified atom stereocenters. The van der Waals surface area contributed by atoms with Gasteiger partial charge in [-0.3, -0.25) is 0 Å². The van der Waals surface area contributed by atoms with Gasteiger partial charge in [0.15, 0.2) is 0 Å². The number of hydrogen-bond acceptors (Lipinski definition) is 3. The van der Waals surface area contributed by atoms with E-state index in [9.17, 15) is 0 Å². The molecule has 0 fully saturated rings. The highest BCUT2D eigenvalue weighted by Crippen LogP contribution is 2.48. The number of anilines is 3. The lowest BCUT2D eigenvalue weighted by Gasteiger charge is -2.28. The van der Waals surface area contributed by atoms with Crippen LogP contribution in [-0.4, -0.2) is 4.57 Å². The number of fused-ring (bicyclic) bond motifs is 10. The maximum Gasteiger partial charge on any atom is 0.136 e. The van der Waals surface area contributed by atoms with Gasteiger partial charge in [0.2, 0.25) is 0 Å². The Morgan fingerprint density at radius 1 is 0.440 bits per heavy atom. The van der Waals surface area contributed by atoms with E-state index < -0.39 is 0 Å². The van der Waals surface area contributed by atoms with Crippen molar-refractivity contribution in [1.82, 2.24) is 4.57 Å². The molecule has 0 saturated heterocycles. The van der Waals surface area contributed by atoms with E-state index >= 15 is 0 Å². The Morgan fingerprint density at radius 3 is 2.08 bits per heavy atom. The van der Waals surface area contributed by atoms with Gasteiger partial charge >= 0.3 is 0 Å². The average molecular weight is 657 g/mol. The van der Waals surface area contributed by atoms with Gasteiger partial charge in [-0.15, -0.1) is 11.3 Å². The van der Waals surface area contributed by atoms with E-state index in [1.165, 1.54) is 47.4 Å². The molecule has 3 nitrogen and oxygen atoms in total. The molecule has 234 valence electrons. The van der Waals surface area contributed by atoms with Crippen molar-refractivity contribution < 1.29 is 4.42 Å². The number of thiophene rings is 1. The number of benzene rings is 8. The van der Waals surface area contributed by atoms with Gasteiger partial charge in [-0.1, -0.05) is 97.1 Å². The third kappa shape index (κ3) is 3.97. The molecule has 0 radical (unpaired) electrons. The van der Waals surface area contributed by atoms with Crippen molar-refractivity contribution in [2.45, 2.75) is 0 Å². The molecule has 0 saturated carbocycles. The molecule has 11 aromatic rings. The van der Waals surface area contributed by atoms with Crippen LogP contribution in [0.1, 0.15) is 0 Å². The number of para-hydroxylation sites is 3. The lowest BCUT2D eigenvalue weighted by Crippen LogP contribution is -2.11. The minimum Gasteiger partial charge on any atom is -0.456 e. The van der Waals surface area contributed by atoms with Crippen LogP contribution in [0.3, 0.4) is 0 Å². The third-order valence-electron chi connectivity index (χ3n) is 10.1. The summed E-state index contributed by atoms with van der Waals surface area (Å²) in [6, 6.07) is 61.3. The van der Waals surface area contributed by atoms with Crippen LogP contribution >= 0.6 is 11.3 Å². The Morgan fingerprint density at radius 2 is 1.16 bits per heavy atom. The lowest BCUT2D eigenvalue weighted by molar-refractivity contribution is 0.669. The fourth-order valence-corrected chi connectivity index (χ4v) is 9.11. The lowest BCUT2D eigenvalue weighted by atomic mass is 10.0. The van der Waals surface area contributed by atoms with Gasteiger partial charge in [-0.05, 0) is 78.2 Å². The van der Waals surface area contributed by atoms with E-state index in [2.05, 4.69) is 173 Å². The van der Waals surface area contributed by atoms with Crippen molar-refractivity contribution in [3.63, 3.8) is 0 Å². The largest absolute Gasteiger partial charge is 0.456 e. The van der Waals surface area contributed by atoms with Crippen molar-refractivity contribution >= 4 is 103 Å². The van der Waals surface area contributed by atoms with Crippen molar-refractivity contribution in [1.29, 1.82) is 0 Å². The topological polar surface area (TPSA) is 21.3 Å². The zero-order chi connectivity index (χ0) is 32.8. The molecule has 3 aromatic heterocycles. The first-order valence-corrected chi connectivity index (χ1v) is 17.7. The minimum absolute atomic E-state index is 0.893. The second kappa shape index (κ2) is 10.6. The summed E-state index contributed by atoms with van der Waals surface area (Å²) in [5, 5.41) is 9.60. The Bertz CT molecular complexity index is 3110. The highest BCUT2D eigenvalue weighted by Gasteiger charge is 2.23. The van der Waals surface area contributed by atoms with E-state index in [0.29, 0.717) is 0 Å². The van der Waals surface area contributed by atoms with Crippen molar-refractivity contribution in [2.75, 3.05) is 4.90 Å². The molecule has 0 N–H and O–H groups in total. The predicted molar refractivity (Wildman–Crippen MR) is 213 cm³/mol. The standard InChI is InChI=1S/C46H28N2OS/c1-2-13-30(14-3-1)47-38-18-7-4-15-32(38)33-25-24-31(27-41(33)47)48(40-20-11-23-45-46(40)35-17-6-9-22-44(35)50-45)39-19-10-12-29-26-37-34-16-5-8-21-42(34)49-43(37)28-36(29)39/h1-28H. The van der Waals surface area contributed by atoms with Gasteiger partial charge in [-0.25, -0.2) is 0 Å². The normalized spacial score (nSPS) is 12.0. The molecule has 0 spiro atoms. The Kier molecular flexibility index (Phi) is 5.83. The number of furan rings is 1. The van der Waals surface area contributed by atoms with Crippen LogP contribution in [-0.2, 0) is 0 Å². The van der Waals surface area contributed by atoms with Gasteiger partial charge in [0.25, 0.3) is 0 Å². The number of nitrogens with zero attached hydrogens (tertiary/aromatic N) is 2. The Hall–Kier alpha value is -6.36. The predicted octanol–water partition coefficient (Wildman–Crippen LogP) is 13.7. The Balaban J connectivity index is 1.25. The van der Waals surface area contributed by atoms with E-state index in [1.807, 2.05) is 17.4 Å². The quantitative estimate of drug-likeness (QED) is 0.188. The molecule has 0 bridgehead atoms. The molecule has 8 aromatic carbocycles.